The van der Waals surface area contributed by atoms with Crippen LogP contribution in [0.3, 0.4) is 0 Å². The van der Waals surface area contributed by atoms with Crippen LogP contribution in [0.5, 0.6) is 0 Å². The van der Waals surface area contributed by atoms with E-state index < -0.39 is 15.6 Å². The molecule has 2 aromatic heterocycles. The van der Waals surface area contributed by atoms with Crippen molar-refractivity contribution in [2.24, 2.45) is 0 Å². The first kappa shape index (κ1) is 19.6. The molecule has 0 radical (unpaired) electrons. The van der Waals surface area contributed by atoms with Crippen LogP contribution in [-0.4, -0.2) is 18.4 Å². The third-order valence-electron chi connectivity index (χ3n) is 4.45. The van der Waals surface area contributed by atoms with Gasteiger partial charge >= 0.3 is 5.63 Å². The number of sulfonamides is 1. The van der Waals surface area contributed by atoms with Crippen molar-refractivity contribution < 1.29 is 12.8 Å². The Morgan fingerprint density at radius 1 is 1.03 bits per heavy atom. The monoisotopic (exact) mass is 423 g/mol. The van der Waals surface area contributed by atoms with Crippen molar-refractivity contribution in [3.8, 4) is 11.4 Å². The molecule has 4 rings (SSSR count). The molecule has 0 aliphatic carbocycles. The highest BCUT2D eigenvalue weighted by molar-refractivity contribution is 7.92. The molecule has 8 nitrogen and oxygen atoms in total. The Morgan fingerprint density at radius 3 is 2.67 bits per heavy atom. The van der Waals surface area contributed by atoms with Gasteiger partial charge in [0.15, 0.2) is 0 Å². The van der Waals surface area contributed by atoms with Crippen LogP contribution < -0.4 is 15.9 Å². The second kappa shape index (κ2) is 7.60. The number of anilines is 1. The number of hydrogen-bond acceptors (Lipinski definition) is 6. The molecule has 0 bridgehead atoms. The molecule has 2 N–H and O–H groups in total. The topological polar surface area (TPSA) is 122 Å². The molecule has 2 heterocycles. The minimum Gasteiger partial charge on any atom is -0.423 e. The van der Waals surface area contributed by atoms with E-state index in [-0.39, 0.29) is 10.5 Å². The first-order valence-corrected chi connectivity index (χ1v) is 10.6. The maximum Gasteiger partial charge on any atom is 0.336 e. The molecule has 0 aliphatic heterocycles. The summed E-state index contributed by atoms with van der Waals surface area (Å²) >= 11 is 0. The van der Waals surface area contributed by atoms with Crippen LogP contribution in [0.2, 0.25) is 0 Å². The standard InChI is InChI=1S/C21H17N3O5S/c1-2-15-12-19(25)23-21(22-15)14-4-3-5-16(10-14)24-30(27,28)17-7-8-18-13(11-17)6-9-20(26)29-18/h3-12,24H,2H2,1H3,(H,22,23,25). The number of aromatic nitrogens is 2. The lowest BCUT2D eigenvalue weighted by atomic mass is 10.2. The van der Waals surface area contributed by atoms with Crippen molar-refractivity contribution in [2.45, 2.75) is 18.2 Å². The van der Waals surface area contributed by atoms with Gasteiger partial charge in [-0.25, -0.2) is 18.2 Å². The van der Waals surface area contributed by atoms with Gasteiger partial charge in [0.05, 0.1) is 4.90 Å². The Balaban J connectivity index is 1.68. The number of rotatable bonds is 5. The molecule has 0 unspecified atom stereocenters. The highest BCUT2D eigenvalue weighted by Crippen LogP contribution is 2.23. The molecule has 4 aromatic rings. The van der Waals surface area contributed by atoms with E-state index in [9.17, 15) is 18.0 Å². The van der Waals surface area contributed by atoms with Gasteiger partial charge in [0.2, 0.25) is 0 Å². The molecule has 2 aromatic carbocycles. The molecule has 9 heteroatoms. The Morgan fingerprint density at radius 2 is 1.87 bits per heavy atom. The Bertz CT molecular complexity index is 1470. The van der Waals surface area contributed by atoms with Gasteiger partial charge in [-0.05, 0) is 42.8 Å². The SMILES string of the molecule is CCc1cc(=O)[nH]c(-c2cccc(NS(=O)(=O)c3ccc4oc(=O)ccc4c3)c2)n1. The van der Waals surface area contributed by atoms with E-state index in [1.807, 2.05) is 6.92 Å². The van der Waals surface area contributed by atoms with Gasteiger partial charge in [-0.15, -0.1) is 0 Å². The number of aromatic amines is 1. The smallest absolute Gasteiger partial charge is 0.336 e. The first-order chi connectivity index (χ1) is 14.3. The fourth-order valence-corrected chi connectivity index (χ4v) is 4.07. The largest absolute Gasteiger partial charge is 0.423 e. The zero-order chi connectivity index (χ0) is 21.3. The van der Waals surface area contributed by atoms with Crippen LogP contribution in [0.25, 0.3) is 22.4 Å². The molecular weight excluding hydrogens is 406 g/mol. The number of H-pyrrole nitrogens is 1. The summed E-state index contributed by atoms with van der Waals surface area (Å²) in [5.74, 6) is 0.362. The lowest BCUT2D eigenvalue weighted by Gasteiger charge is -2.10. The van der Waals surface area contributed by atoms with E-state index in [1.165, 1.54) is 36.4 Å². The maximum atomic E-state index is 12.8. The van der Waals surface area contributed by atoms with Gasteiger partial charge in [0, 0.05) is 34.5 Å². The van der Waals surface area contributed by atoms with Crippen LogP contribution in [0.1, 0.15) is 12.6 Å². The summed E-state index contributed by atoms with van der Waals surface area (Å²) in [6.07, 6.45) is 0.603. The van der Waals surface area contributed by atoms with Gasteiger partial charge in [0.25, 0.3) is 15.6 Å². The zero-order valence-electron chi connectivity index (χ0n) is 15.9. The van der Waals surface area contributed by atoms with E-state index in [1.54, 1.807) is 24.3 Å². The van der Waals surface area contributed by atoms with Crippen molar-refractivity contribution in [3.63, 3.8) is 0 Å². The molecule has 30 heavy (non-hydrogen) atoms. The molecule has 0 fully saturated rings. The second-order valence-electron chi connectivity index (χ2n) is 6.58. The summed E-state index contributed by atoms with van der Waals surface area (Å²) in [5.41, 5.74) is 1.05. The lowest BCUT2D eigenvalue weighted by Crippen LogP contribution is -2.13. The van der Waals surface area contributed by atoms with E-state index in [0.717, 1.165) is 0 Å². The fraction of sp³-hybridized carbons (Fsp3) is 0.0952. The molecule has 0 spiro atoms. The highest BCUT2D eigenvalue weighted by atomic mass is 32.2. The number of nitrogens with zero attached hydrogens (tertiary/aromatic N) is 1. The Hall–Kier alpha value is -3.72. The van der Waals surface area contributed by atoms with Crippen LogP contribution in [0.4, 0.5) is 5.69 Å². The highest BCUT2D eigenvalue weighted by Gasteiger charge is 2.16. The predicted octanol–water partition coefficient (Wildman–Crippen LogP) is 2.91. The summed E-state index contributed by atoms with van der Waals surface area (Å²) in [5, 5.41) is 0.490. The number of aryl methyl sites for hydroxylation is 1. The number of benzene rings is 2. The van der Waals surface area contributed by atoms with Crippen LogP contribution >= 0.6 is 0 Å². The third-order valence-corrected chi connectivity index (χ3v) is 5.83. The van der Waals surface area contributed by atoms with E-state index in [0.29, 0.717) is 40.2 Å². The summed E-state index contributed by atoms with van der Waals surface area (Å²) in [6, 6.07) is 15.0. The predicted molar refractivity (Wildman–Crippen MR) is 113 cm³/mol. The molecule has 0 atom stereocenters. The van der Waals surface area contributed by atoms with Gasteiger partial charge in [-0.1, -0.05) is 19.1 Å². The van der Waals surface area contributed by atoms with E-state index >= 15 is 0 Å². The normalized spacial score (nSPS) is 11.5. The van der Waals surface area contributed by atoms with Crippen LogP contribution in [0.15, 0.2) is 79.6 Å². The minimum atomic E-state index is -3.90. The van der Waals surface area contributed by atoms with Crippen molar-refractivity contribution in [1.29, 1.82) is 0 Å². The molecular formula is C21H17N3O5S. The number of nitrogens with one attached hydrogen (secondary N) is 2. The lowest BCUT2D eigenvalue weighted by molar-refractivity contribution is 0.560. The quantitative estimate of drug-likeness (QED) is 0.476. The average molecular weight is 423 g/mol. The summed E-state index contributed by atoms with van der Waals surface area (Å²) < 4.78 is 33.2. The molecule has 0 saturated carbocycles. The van der Waals surface area contributed by atoms with Gasteiger partial charge in [0.1, 0.15) is 11.4 Å². The summed E-state index contributed by atoms with van der Waals surface area (Å²) in [4.78, 5) is 30.2. The minimum absolute atomic E-state index is 0.0220. The van der Waals surface area contributed by atoms with Gasteiger partial charge in [-0.2, -0.15) is 0 Å². The van der Waals surface area contributed by atoms with Crippen LogP contribution in [-0.2, 0) is 16.4 Å². The van der Waals surface area contributed by atoms with E-state index in [4.69, 9.17) is 4.42 Å². The third kappa shape index (κ3) is 4.01. The number of fused-ring (bicyclic) bond motifs is 1. The molecule has 0 amide bonds. The Kier molecular flexibility index (Phi) is 4.96. The zero-order valence-corrected chi connectivity index (χ0v) is 16.7. The Labute approximate surface area is 171 Å². The van der Waals surface area contributed by atoms with Crippen LogP contribution in [0, 0.1) is 0 Å². The second-order valence-corrected chi connectivity index (χ2v) is 8.26. The maximum absolute atomic E-state index is 12.8. The number of hydrogen-bond donors (Lipinski definition) is 2. The van der Waals surface area contributed by atoms with Crippen molar-refractivity contribution >= 4 is 26.7 Å². The molecule has 0 aliphatic rings. The molecule has 152 valence electrons. The summed E-state index contributed by atoms with van der Waals surface area (Å²) in [6.45, 7) is 1.89. The average Bonchev–Trinajstić information content (AvgIpc) is 2.72. The van der Waals surface area contributed by atoms with Gasteiger partial charge < -0.3 is 9.40 Å². The van der Waals surface area contributed by atoms with E-state index in [2.05, 4.69) is 14.7 Å². The molecule has 0 saturated heterocycles. The fourth-order valence-electron chi connectivity index (χ4n) is 2.99. The first-order valence-electron chi connectivity index (χ1n) is 9.11. The van der Waals surface area contributed by atoms with Gasteiger partial charge in [-0.3, -0.25) is 9.52 Å². The summed E-state index contributed by atoms with van der Waals surface area (Å²) in [7, 11) is -3.90. The van der Waals surface area contributed by atoms with Crippen molar-refractivity contribution in [3.05, 3.63) is 87.1 Å². The van der Waals surface area contributed by atoms with Crippen molar-refractivity contribution in [1.82, 2.24) is 9.97 Å². The van der Waals surface area contributed by atoms with Crippen molar-refractivity contribution in [2.75, 3.05) is 4.72 Å².